The minimum atomic E-state index is -0.217. The van der Waals surface area contributed by atoms with Gasteiger partial charge in [0.1, 0.15) is 17.5 Å². The molecule has 126 valence electrons. The molecule has 0 aliphatic carbocycles. The molecule has 1 N–H and O–H groups in total. The normalized spacial score (nSPS) is 21.4. The number of piperidine rings is 1. The first-order chi connectivity index (χ1) is 11.7. The molecule has 2 aliphatic rings. The van der Waals surface area contributed by atoms with Crippen LogP contribution in [-0.2, 0) is 24.3 Å². The fourth-order valence-corrected chi connectivity index (χ4v) is 3.55. The van der Waals surface area contributed by atoms with E-state index in [1.807, 2.05) is 6.07 Å². The summed E-state index contributed by atoms with van der Waals surface area (Å²) in [6.45, 7) is 2.90. The number of hydrogen-bond donors (Lipinski definition) is 1. The average Bonchev–Trinajstić information content (AvgIpc) is 2.99. The SMILES string of the molecule is O=C1NCCCC1N1CCn2c(Cc3ccccc3F)nnc2C1. The summed E-state index contributed by atoms with van der Waals surface area (Å²) in [5, 5.41) is 11.5. The number of halogens is 1. The summed E-state index contributed by atoms with van der Waals surface area (Å²) in [6.07, 6.45) is 2.34. The zero-order valence-corrected chi connectivity index (χ0v) is 13.4. The molecular weight excluding hydrogens is 309 g/mol. The lowest BCUT2D eigenvalue weighted by molar-refractivity contribution is -0.128. The van der Waals surface area contributed by atoms with Crippen molar-refractivity contribution in [3.8, 4) is 0 Å². The van der Waals surface area contributed by atoms with E-state index in [1.165, 1.54) is 6.07 Å². The Bertz CT molecular complexity index is 759. The van der Waals surface area contributed by atoms with Crippen molar-refractivity contribution in [1.82, 2.24) is 25.0 Å². The third kappa shape index (κ3) is 2.80. The smallest absolute Gasteiger partial charge is 0.237 e. The summed E-state index contributed by atoms with van der Waals surface area (Å²) in [6, 6.07) is 6.69. The molecule has 1 aromatic heterocycles. The molecule has 6 nitrogen and oxygen atoms in total. The monoisotopic (exact) mass is 329 g/mol. The van der Waals surface area contributed by atoms with Gasteiger partial charge >= 0.3 is 0 Å². The third-order valence-corrected chi connectivity index (χ3v) is 4.86. The lowest BCUT2D eigenvalue weighted by atomic mass is 10.0. The molecule has 1 aromatic carbocycles. The Morgan fingerprint density at radius 3 is 2.96 bits per heavy atom. The van der Waals surface area contributed by atoms with Crippen molar-refractivity contribution in [2.24, 2.45) is 0 Å². The first-order valence-electron chi connectivity index (χ1n) is 8.38. The largest absolute Gasteiger partial charge is 0.355 e. The fraction of sp³-hybridized carbons (Fsp3) is 0.471. The first kappa shape index (κ1) is 15.3. The molecule has 1 amide bonds. The van der Waals surface area contributed by atoms with Gasteiger partial charge in [0.2, 0.25) is 5.91 Å². The lowest BCUT2D eigenvalue weighted by Gasteiger charge is -2.35. The van der Waals surface area contributed by atoms with Crippen molar-refractivity contribution in [3.63, 3.8) is 0 Å². The molecule has 0 saturated carbocycles. The second-order valence-corrected chi connectivity index (χ2v) is 6.37. The predicted molar refractivity (Wildman–Crippen MR) is 85.7 cm³/mol. The highest BCUT2D eigenvalue weighted by Gasteiger charge is 2.32. The van der Waals surface area contributed by atoms with Crippen LogP contribution >= 0.6 is 0 Å². The van der Waals surface area contributed by atoms with Gasteiger partial charge in [0.05, 0.1) is 12.6 Å². The first-order valence-corrected chi connectivity index (χ1v) is 8.38. The zero-order chi connectivity index (χ0) is 16.5. The Labute approximate surface area is 139 Å². The van der Waals surface area contributed by atoms with Crippen molar-refractivity contribution < 1.29 is 9.18 Å². The van der Waals surface area contributed by atoms with E-state index in [1.54, 1.807) is 12.1 Å². The number of nitrogens with zero attached hydrogens (tertiary/aromatic N) is 4. The van der Waals surface area contributed by atoms with Gasteiger partial charge in [-0.25, -0.2) is 4.39 Å². The molecule has 2 aliphatic heterocycles. The van der Waals surface area contributed by atoms with E-state index >= 15 is 0 Å². The molecule has 4 rings (SSSR count). The molecule has 2 aromatic rings. The molecule has 1 atom stereocenters. The molecule has 0 spiro atoms. The highest BCUT2D eigenvalue weighted by molar-refractivity contribution is 5.82. The number of carbonyl (C=O) groups excluding carboxylic acids is 1. The standard InChI is InChI=1S/C17H20FN5O/c18-13-5-2-1-4-12(13)10-15-20-21-16-11-22(8-9-23(15)16)14-6-3-7-19-17(14)24/h1-2,4-5,14H,3,6-11H2,(H,19,24). The maximum Gasteiger partial charge on any atom is 0.237 e. The van der Waals surface area contributed by atoms with E-state index < -0.39 is 0 Å². The molecule has 0 radical (unpaired) electrons. The highest BCUT2D eigenvalue weighted by atomic mass is 19.1. The average molecular weight is 329 g/mol. The topological polar surface area (TPSA) is 63.1 Å². The maximum absolute atomic E-state index is 13.9. The van der Waals surface area contributed by atoms with Crippen molar-refractivity contribution in [2.75, 3.05) is 13.1 Å². The molecule has 7 heteroatoms. The molecule has 1 fully saturated rings. The van der Waals surface area contributed by atoms with Gasteiger partial charge in [-0.2, -0.15) is 0 Å². The fourth-order valence-electron chi connectivity index (χ4n) is 3.55. The second-order valence-electron chi connectivity index (χ2n) is 6.37. The lowest BCUT2D eigenvalue weighted by Crippen LogP contribution is -2.52. The van der Waals surface area contributed by atoms with Gasteiger partial charge in [-0.1, -0.05) is 18.2 Å². The minimum Gasteiger partial charge on any atom is -0.355 e. The molecule has 1 saturated heterocycles. The predicted octanol–water partition coefficient (Wildman–Crippen LogP) is 1.10. The zero-order valence-electron chi connectivity index (χ0n) is 13.4. The van der Waals surface area contributed by atoms with Gasteiger partial charge in [0, 0.05) is 26.1 Å². The van der Waals surface area contributed by atoms with Gasteiger partial charge in [-0.15, -0.1) is 10.2 Å². The summed E-state index contributed by atoms with van der Waals surface area (Å²) in [4.78, 5) is 14.2. The van der Waals surface area contributed by atoms with E-state index in [4.69, 9.17) is 0 Å². The molecule has 0 bridgehead atoms. The number of rotatable bonds is 3. The van der Waals surface area contributed by atoms with Crippen LogP contribution in [0.5, 0.6) is 0 Å². The maximum atomic E-state index is 13.9. The number of hydrogen-bond acceptors (Lipinski definition) is 4. The summed E-state index contributed by atoms with van der Waals surface area (Å²) in [5.41, 5.74) is 0.627. The number of aromatic nitrogens is 3. The molecular formula is C17H20FN5O. The van der Waals surface area contributed by atoms with Gasteiger partial charge in [0.25, 0.3) is 0 Å². The highest BCUT2D eigenvalue weighted by Crippen LogP contribution is 2.21. The number of benzene rings is 1. The second kappa shape index (κ2) is 6.32. The Balaban J connectivity index is 1.51. The third-order valence-electron chi connectivity index (χ3n) is 4.86. The summed E-state index contributed by atoms with van der Waals surface area (Å²) in [7, 11) is 0. The van der Waals surface area contributed by atoms with Crippen LogP contribution in [0.25, 0.3) is 0 Å². The Morgan fingerprint density at radius 2 is 2.12 bits per heavy atom. The van der Waals surface area contributed by atoms with E-state index in [-0.39, 0.29) is 17.8 Å². The van der Waals surface area contributed by atoms with Crippen LogP contribution in [0.1, 0.15) is 30.1 Å². The van der Waals surface area contributed by atoms with E-state index in [0.717, 1.165) is 44.1 Å². The van der Waals surface area contributed by atoms with Crippen LogP contribution in [0.4, 0.5) is 4.39 Å². The minimum absolute atomic E-state index is 0.0702. The van der Waals surface area contributed by atoms with E-state index in [9.17, 15) is 9.18 Å². The van der Waals surface area contributed by atoms with E-state index in [2.05, 4.69) is 25.0 Å². The van der Waals surface area contributed by atoms with Crippen LogP contribution in [0, 0.1) is 5.82 Å². The summed E-state index contributed by atoms with van der Waals surface area (Å²) < 4.78 is 15.9. The Hall–Kier alpha value is -2.28. The molecule has 24 heavy (non-hydrogen) atoms. The quantitative estimate of drug-likeness (QED) is 0.916. The van der Waals surface area contributed by atoms with Gasteiger partial charge < -0.3 is 9.88 Å². The number of fused-ring (bicyclic) bond motifs is 1. The van der Waals surface area contributed by atoms with E-state index in [0.29, 0.717) is 18.5 Å². The van der Waals surface area contributed by atoms with Gasteiger partial charge in [-0.3, -0.25) is 9.69 Å². The van der Waals surface area contributed by atoms with Crippen molar-refractivity contribution in [1.29, 1.82) is 0 Å². The van der Waals surface area contributed by atoms with Crippen LogP contribution < -0.4 is 5.32 Å². The van der Waals surface area contributed by atoms with Crippen molar-refractivity contribution >= 4 is 5.91 Å². The Morgan fingerprint density at radius 1 is 1.25 bits per heavy atom. The summed E-state index contributed by atoms with van der Waals surface area (Å²) >= 11 is 0. The van der Waals surface area contributed by atoms with Crippen molar-refractivity contribution in [3.05, 3.63) is 47.3 Å². The van der Waals surface area contributed by atoms with Crippen molar-refractivity contribution in [2.45, 2.75) is 38.4 Å². The van der Waals surface area contributed by atoms with Crippen LogP contribution in [0.15, 0.2) is 24.3 Å². The van der Waals surface area contributed by atoms with Crippen LogP contribution in [-0.4, -0.2) is 44.7 Å². The summed E-state index contributed by atoms with van der Waals surface area (Å²) in [5.74, 6) is 1.53. The van der Waals surface area contributed by atoms with Gasteiger partial charge in [0.15, 0.2) is 0 Å². The Kier molecular flexibility index (Phi) is 4.02. The van der Waals surface area contributed by atoms with Crippen LogP contribution in [0.2, 0.25) is 0 Å². The number of carbonyl (C=O) groups is 1. The number of amides is 1. The number of nitrogens with one attached hydrogen (secondary N) is 1. The van der Waals surface area contributed by atoms with Crippen LogP contribution in [0.3, 0.4) is 0 Å². The molecule has 3 heterocycles. The molecule has 1 unspecified atom stereocenters. The van der Waals surface area contributed by atoms with Gasteiger partial charge in [-0.05, 0) is 24.5 Å².